The van der Waals surface area contributed by atoms with E-state index in [4.69, 9.17) is 0 Å². The lowest BCUT2D eigenvalue weighted by Crippen LogP contribution is -2.52. The molecule has 0 unspecified atom stereocenters. The molecule has 1 N–H and O–H groups in total. The molecule has 2 heterocycles. The first-order valence-corrected chi connectivity index (χ1v) is 11.5. The second-order valence-electron chi connectivity index (χ2n) is 8.19. The van der Waals surface area contributed by atoms with Gasteiger partial charge in [-0.1, -0.05) is 60.7 Å². The fraction of sp³-hybridized carbons (Fsp3) is 0.346. The monoisotopic (exact) mass is 445 g/mol. The van der Waals surface area contributed by atoms with Gasteiger partial charge in [0.1, 0.15) is 0 Å². The molecule has 1 aromatic heterocycles. The summed E-state index contributed by atoms with van der Waals surface area (Å²) in [5.41, 5.74) is 2.28. The molecule has 0 bridgehead atoms. The van der Waals surface area contributed by atoms with E-state index in [-0.39, 0.29) is 18.6 Å². The zero-order valence-corrected chi connectivity index (χ0v) is 18.8. The van der Waals surface area contributed by atoms with Crippen LogP contribution >= 0.6 is 0 Å². The number of carbonyl (C=O) groups is 1. The van der Waals surface area contributed by atoms with Crippen LogP contribution in [0.2, 0.25) is 0 Å². The Labute approximate surface area is 195 Å². The lowest BCUT2D eigenvalue weighted by Gasteiger charge is -2.37. The summed E-state index contributed by atoms with van der Waals surface area (Å²) in [4.78, 5) is 28.2. The molecule has 1 aliphatic heterocycles. The third-order valence-electron chi connectivity index (χ3n) is 6.00. The Balaban J connectivity index is 1.49. The topological polar surface area (TPSA) is 72.8 Å². The van der Waals surface area contributed by atoms with Gasteiger partial charge >= 0.3 is 0 Å². The molecule has 0 aliphatic carbocycles. The fourth-order valence-electron chi connectivity index (χ4n) is 4.34. The van der Waals surface area contributed by atoms with Gasteiger partial charge in [-0.2, -0.15) is 0 Å². The van der Waals surface area contributed by atoms with Gasteiger partial charge < -0.3 is 14.9 Å². The zero-order valence-electron chi connectivity index (χ0n) is 18.8. The van der Waals surface area contributed by atoms with Gasteiger partial charge in [-0.05, 0) is 23.6 Å². The van der Waals surface area contributed by atoms with Gasteiger partial charge in [-0.3, -0.25) is 9.69 Å². The second-order valence-corrected chi connectivity index (χ2v) is 8.19. The molecule has 4 rings (SSSR count). The standard InChI is InChI=1S/C26H31N5O2/c32-20-8-15-31(25(22-9-3-1-4-10-22)23-11-5-2-6-12-23)21-24(33)29-16-18-30(19-17-29)26-27-13-7-14-28-26/h1-7,9-14,25,32H,8,15-21H2. The fourth-order valence-corrected chi connectivity index (χ4v) is 4.34. The van der Waals surface area contributed by atoms with Crippen LogP contribution in [0.5, 0.6) is 0 Å². The number of carbonyl (C=O) groups excluding carboxylic acids is 1. The summed E-state index contributed by atoms with van der Waals surface area (Å²) in [7, 11) is 0. The molecular weight excluding hydrogens is 414 g/mol. The van der Waals surface area contributed by atoms with Crippen molar-refractivity contribution >= 4 is 11.9 Å². The SMILES string of the molecule is O=C(CN(CCCO)C(c1ccccc1)c1ccccc1)N1CCN(c2ncccn2)CC1. The molecule has 0 radical (unpaired) electrons. The summed E-state index contributed by atoms with van der Waals surface area (Å²) in [5.74, 6) is 0.820. The van der Waals surface area contributed by atoms with Crippen molar-refractivity contribution in [3.63, 3.8) is 0 Å². The minimum atomic E-state index is -0.0538. The third-order valence-corrected chi connectivity index (χ3v) is 6.00. The summed E-state index contributed by atoms with van der Waals surface area (Å²) >= 11 is 0. The van der Waals surface area contributed by atoms with Crippen LogP contribution in [0, 0.1) is 0 Å². The Morgan fingerprint density at radius 3 is 2.00 bits per heavy atom. The summed E-state index contributed by atoms with van der Waals surface area (Å²) in [5, 5.41) is 9.52. The summed E-state index contributed by atoms with van der Waals surface area (Å²) in [6.45, 7) is 3.75. The van der Waals surface area contributed by atoms with Crippen LogP contribution in [0.1, 0.15) is 23.6 Å². The number of aliphatic hydroxyl groups excluding tert-OH is 1. The van der Waals surface area contributed by atoms with E-state index in [0.29, 0.717) is 51.6 Å². The molecule has 1 amide bonds. The first kappa shape index (κ1) is 22.9. The highest BCUT2D eigenvalue weighted by molar-refractivity contribution is 5.78. The molecule has 172 valence electrons. The number of rotatable bonds is 9. The van der Waals surface area contributed by atoms with Crippen LogP contribution in [-0.4, -0.2) is 76.7 Å². The first-order chi connectivity index (χ1) is 16.3. The van der Waals surface area contributed by atoms with Gasteiger partial charge in [0.15, 0.2) is 0 Å². The van der Waals surface area contributed by atoms with Crippen LogP contribution in [-0.2, 0) is 4.79 Å². The molecular formula is C26H31N5O2. The van der Waals surface area contributed by atoms with Crippen molar-refractivity contribution in [1.82, 2.24) is 19.8 Å². The van der Waals surface area contributed by atoms with Crippen molar-refractivity contribution < 1.29 is 9.90 Å². The largest absolute Gasteiger partial charge is 0.396 e. The number of piperazine rings is 1. The molecule has 1 saturated heterocycles. The number of nitrogens with zero attached hydrogens (tertiary/aromatic N) is 5. The zero-order chi connectivity index (χ0) is 22.9. The molecule has 3 aromatic rings. The van der Waals surface area contributed by atoms with Crippen LogP contribution in [0.15, 0.2) is 79.1 Å². The molecule has 7 heteroatoms. The van der Waals surface area contributed by atoms with E-state index < -0.39 is 0 Å². The van der Waals surface area contributed by atoms with E-state index >= 15 is 0 Å². The van der Waals surface area contributed by atoms with Crippen LogP contribution in [0.25, 0.3) is 0 Å². The average Bonchev–Trinajstić information content (AvgIpc) is 2.89. The van der Waals surface area contributed by atoms with E-state index in [2.05, 4.69) is 44.0 Å². The smallest absolute Gasteiger partial charge is 0.236 e. The van der Waals surface area contributed by atoms with Crippen LogP contribution < -0.4 is 4.90 Å². The maximum atomic E-state index is 13.4. The van der Waals surface area contributed by atoms with Gasteiger partial charge in [0.25, 0.3) is 0 Å². The molecule has 0 atom stereocenters. The highest BCUT2D eigenvalue weighted by Gasteiger charge is 2.28. The Hall–Kier alpha value is -3.29. The van der Waals surface area contributed by atoms with Crippen molar-refractivity contribution in [3.05, 3.63) is 90.3 Å². The Morgan fingerprint density at radius 1 is 0.879 bits per heavy atom. The minimum Gasteiger partial charge on any atom is -0.396 e. The van der Waals surface area contributed by atoms with Gasteiger partial charge in [0, 0.05) is 51.7 Å². The van der Waals surface area contributed by atoms with Crippen molar-refractivity contribution in [2.75, 3.05) is 50.8 Å². The van der Waals surface area contributed by atoms with Gasteiger partial charge in [-0.25, -0.2) is 9.97 Å². The molecule has 0 saturated carbocycles. The van der Waals surface area contributed by atoms with Crippen molar-refractivity contribution in [3.8, 4) is 0 Å². The van der Waals surface area contributed by atoms with E-state index in [1.165, 1.54) is 0 Å². The van der Waals surface area contributed by atoms with Gasteiger partial charge in [0.2, 0.25) is 11.9 Å². The van der Waals surface area contributed by atoms with Gasteiger partial charge in [-0.15, -0.1) is 0 Å². The molecule has 33 heavy (non-hydrogen) atoms. The Morgan fingerprint density at radius 2 is 1.45 bits per heavy atom. The maximum absolute atomic E-state index is 13.4. The number of amides is 1. The third kappa shape index (κ3) is 5.94. The Kier molecular flexibility index (Phi) is 8.00. The number of hydrogen-bond acceptors (Lipinski definition) is 6. The quantitative estimate of drug-likeness (QED) is 0.546. The number of aromatic nitrogens is 2. The molecule has 1 fully saturated rings. The predicted molar refractivity (Wildman–Crippen MR) is 129 cm³/mol. The predicted octanol–water partition coefficient (Wildman–Crippen LogP) is 2.60. The number of anilines is 1. The van der Waals surface area contributed by atoms with E-state index in [9.17, 15) is 9.90 Å². The average molecular weight is 446 g/mol. The maximum Gasteiger partial charge on any atom is 0.236 e. The van der Waals surface area contributed by atoms with E-state index in [0.717, 1.165) is 11.1 Å². The van der Waals surface area contributed by atoms with Crippen molar-refractivity contribution in [2.24, 2.45) is 0 Å². The first-order valence-electron chi connectivity index (χ1n) is 11.5. The normalized spacial score (nSPS) is 14.2. The molecule has 2 aromatic carbocycles. The number of aliphatic hydroxyl groups is 1. The van der Waals surface area contributed by atoms with Crippen molar-refractivity contribution in [1.29, 1.82) is 0 Å². The second kappa shape index (κ2) is 11.5. The highest BCUT2D eigenvalue weighted by atomic mass is 16.3. The van der Waals surface area contributed by atoms with E-state index in [1.54, 1.807) is 18.5 Å². The minimum absolute atomic E-state index is 0.0538. The Bertz CT molecular complexity index is 940. The summed E-state index contributed by atoms with van der Waals surface area (Å²) in [6, 6.07) is 22.3. The van der Waals surface area contributed by atoms with Crippen LogP contribution in [0.4, 0.5) is 5.95 Å². The number of benzene rings is 2. The van der Waals surface area contributed by atoms with Crippen LogP contribution in [0.3, 0.4) is 0 Å². The lowest BCUT2D eigenvalue weighted by molar-refractivity contribution is -0.133. The molecule has 1 aliphatic rings. The number of hydrogen-bond donors (Lipinski definition) is 1. The summed E-state index contributed by atoms with van der Waals surface area (Å²) in [6.07, 6.45) is 4.10. The van der Waals surface area contributed by atoms with Crippen molar-refractivity contribution in [2.45, 2.75) is 12.5 Å². The highest BCUT2D eigenvalue weighted by Crippen LogP contribution is 2.29. The summed E-state index contributed by atoms with van der Waals surface area (Å²) < 4.78 is 0. The molecule has 0 spiro atoms. The molecule has 7 nitrogen and oxygen atoms in total. The van der Waals surface area contributed by atoms with E-state index in [1.807, 2.05) is 41.3 Å². The lowest BCUT2D eigenvalue weighted by atomic mass is 9.96. The van der Waals surface area contributed by atoms with Gasteiger partial charge in [0.05, 0.1) is 12.6 Å².